The maximum Gasteiger partial charge on any atom is 0.191 e. The van der Waals surface area contributed by atoms with E-state index < -0.39 is 0 Å². The van der Waals surface area contributed by atoms with Gasteiger partial charge in [-0.2, -0.15) is 0 Å². The number of nitrogens with zero attached hydrogens (tertiary/aromatic N) is 3. The molecule has 29 heavy (non-hydrogen) atoms. The van der Waals surface area contributed by atoms with Gasteiger partial charge in [0.2, 0.25) is 0 Å². The summed E-state index contributed by atoms with van der Waals surface area (Å²) in [6, 6.07) is 4.87. The van der Waals surface area contributed by atoms with E-state index in [4.69, 9.17) is 9.73 Å². The van der Waals surface area contributed by atoms with Gasteiger partial charge in [-0.25, -0.2) is 0 Å². The van der Waals surface area contributed by atoms with Crippen molar-refractivity contribution in [2.75, 3.05) is 65.6 Å². The Morgan fingerprint density at radius 3 is 2.62 bits per heavy atom. The van der Waals surface area contributed by atoms with Gasteiger partial charge in [0, 0.05) is 44.1 Å². The molecule has 0 radical (unpaired) electrons. The third-order valence-electron chi connectivity index (χ3n) is 5.49. The Bertz CT molecular complexity index is 574. The third-order valence-corrected chi connectivity index (χ3v) is 6.47. The van der Waals surface area contributed by atoms with Crippen LogP contribution >= 0.6 is 35.3 Å². The molecule has 3 heterocycles. The van der Waals surface area contributed by atoms with Crippen molar-refractivity contribution in [1.82, 2.24) is 20.4 Å². The molecule has 8 heteroatoms. The van der Waals surface area contributed by atoms with E-state index in [-0.39, 0.29) is 24.0 Å². The molecular formula is C21H38IN5OS. The zero-order chi connectivity index (χ0) is 19.6. The van der Waals surface area contributed by atoms with Crippen molar-refractivity contribution in [1.29, 1.82) is 0 Å². The Morgan fingerprint density at radius 2 is 1.97 bits per heavy atom. The summed E-state index contributed by atoms with van der Waals surface area (Å²) in [5, 5.41) is 9.22. The summed E-state index contributed by atoms with van der Waals surface area (Å²) in [5.41, 5.74) is 0. The molecule has 0 saturated carbocycles. The minimum Gasteiger partial charge on any atom is -0.379 e. The molecule has 2 fully saturated rings. The van der Waals surface area contributed by atoms with Crippen molar-refractivity contribution >= 4 is 41.3 Å². The van der Waals surface area contributed by atoms with E-state index in [9.17, 15) is 0 Å². The lowest BCUT2D eigenvalue weighted by molar-refractivity contribution is 0.0323. The first-order valence-corrected chi connectivity index (χ1v) is 11.7. The monoisotopic (exact) mass is 535 g/mol. The lowest BCUT2D eigenvalue weighted by Gasteiger charge is -2.29. The van der Waals surface area contributed by atoms with Crippen LogP contribution in [0.25, 0.3) is 0 Å². The Balaban J connectivity index is 0.00000300. The molecule has 2 aliphatic heterocycles. The molecule has 1 aromatic heterocycles. The highest BCUT2D eigenvalue weighted by Crippen LogP contribution is 2.27. The largest absolute Gasteiger partial charge is 0.379 e. The topological polar surface area (TPSA) is 52.1 Å². The van der Waals surface area contributed by atoms with Gasteiger partial charge in [-0.3, -0.25) is 14.8 Å². The fourth-order valence-electron chi connectivity index (χ4n) is 4.01. The minimum absolute atomic E-state index is 0. The van der Waals surface area contributed by atoms with E-state index >= 15 is 0 Å². The van der Waals surface area contributed by atoms with Crippen molar-refractivity contribution in [3.05, 3.63) is 22.4 Å². The Hall–Kier alpha value is -0.420. The molecule has 0 aliphatic carbocycles. The van der Waals surface area contributed by atoms with Crippen LogP contribution in [-0.4, -0.2) is 81.3 Å². The standard InChI is InChI=1S/C21H37N5OS.HI/c1-3-22-21(23-15-18(2)17-25-10-12-27-13-11-25)24-16-19(20-7-6-14-28-20)26-8-4-5-9-26;/h6-7,14,18-19H,3-5,8-13,15-17H2,1-2H3,(H2,22,23,24);1H. The molecule has 6 nitrogen and oxygen atoms in total. The van der Waals surface area contributed by atoms with Crippen LogP contribution in [0.3, 0.4) is 0 Å². The highest BCUT2D eigenvalue weighted by atomic mass is 127. The smallest absolute Gasteiger partial charge is 0.191 e. The molecule has 2 N–H and O–H groups in total. The van der Waals surface area contributed by atoms with Gasteiger partial charge in [-0.05, 0) is 50.2 Å². The van der Waals surface area contributed by atoms with E-state index in [1.165, 1.54) is 30.8 Å². The zero-order valence-electron chi connectivity index (χ0n) is 17.9. The van der Waals surface area contributed by atoms with Crippen molar-refractivity contribution in [2.45, 2.75) is 32.7 Å². The first kappa shape index (κ1) is 24.8. The molecule has 0 aromatic carbocycles. The summed E-state index contributed by atoms with van der Waals surface area (Å²) in [4.78, 5) is 11.4. The first-order chi connectivity index (χ1) is 13.8. The number of ether oxygens (including phenoxy) is 1. The quantitative estimate of drug-likeness (QED) is 0.289. The molecule has 2 unspecified atom stereocenters. The van der Waals surface area contributed by atoms with E-state index in [0.29, 0.717) is 12.0 Å². The van der Waals surface area contributed by atoms with Crippen LogP contribution in [0, 0.1) is 5.92 Å². The molecule has 166 valence electrons. The van der Waals surface area contributed by atoms with Crippen LogP contribution in [0.4, 0.5) is 0 Å². The van der Waals surface area contributed by atoms with Crippen LogP contribution in [0.1, 0.15) is 37.6 Å². The molecule has 2 aliphatic rings. The normalized spacial score (nSPS) is 20.8. The van der Waals surface area contributed by atoms with Crippen LogP contribution in [0.15, 0.2) is 22.5 Å². The number of nitrogens with one attached hydrogen (secondary N) is 2. The van der Waals surface area contributed by atoms with Crippen LogP contribution in [0.5, 0.6) is 0 Å². The third kappa shape index (κ3) is 8.32. The predicted octanol–water partition coefficient (Wildman–Crippen LogP) is 3.03. The highest BCUT2D eigenvalue weighted by molar-refractivity contribution is 14.0. The number of thiophene rings is 1. The number of halogens is 1. The number of hydrogen-bond acceptors (Lipinski definition) is 5. The van der Waals surface area contributed by atoms with Crippen molar-refractivity contribution < 1.29 is 4.74 Å². The number of likely N-dealkylation sites (tertiary alicyclic amines) is 1. The summed E-state index contributed by atoms with van der Waals surface area (Å²) in [6.45, 7) is 14.4. The average molecular weight is 536 g/mol. The summed E-state index contributed by atoms with van der Waals surface area (Å²) in [6.07, 6.45) is 2.63. The number of morpholine rings is 1. The number of aliphatic imine (C=N–C) groups is 1. The number of hydrogen-bond donors (Lipinski definition) is 2. The van der Waals surface area contributed by atoms with Crippen LogP contribution in [-0.2, 0) is 4.74 Å². The molecule has 2 atom stereocenters. The Kier molecular flexibility index (Phi) is 11.8. The second-order valence-corrected chi connectivity index (χ2v) is 8.87. The van der Waals surface area contributed by atoms with Gasteiger partial charge >= 0.3 is 0 Å². The molecule has 0 spiro atoms. The second-order valence-electron chi connectivity index (χ2n) is 7.89. The van der Waals surface area contributed by atoms with Gasteiger partial charge in [-0.1, -0.05) is 13.0 Å². The summed E-state index contributed by atoms with van der Waals surface area (Å²) < 4.78 is 5.45. The van der Waals surface area contributed by atoms with Gasteiger partial charge in [0.05, 0.1) is 19.3 Å². The van der Waals surface area contributed by atoms with Gasteiger partial charge in [0.1, 0.15) is 0 Å². The highest BCUT2D eigenvalue weighted by Gasteiger charge is 2.24. The number of guanidine groups is 1. The second kappa shape index (κ2) is 13.8. The molecule has 3 rings (SSSR count). The Labute approximate surface area is 197 Å². The van der Waals surface area contributed by atoms with E-state index in [0.717, 1.165) is 58.4 Å². The maximum absolute atomic E-state index is 5.45. The summed E-state index contributed by atoms with van der Waals surface area (Å²) >= 11 is 1.86. The minimum atomic E-state index is 0. The molecular weight excluding hydrogens is 497 g/mol. The average Bonchev–Trinajstić information content (AvgIpc) is 3.42. The summed E-state index contributed by atoms with van der Waals surface area (Å²) in [7, 11) is 0. The molecule has 0 amide bonds. The van der Waals surface area contributed by atoms with Gasteiger partial charge in [0.15, 0.2) is 5.96 Å². The zero-order valence-corrected chi connectivity index (χ0v) is 21.1. The number of rotatable bonds is 9. The van der Waals surface area contributed by atoms with E-state index in [2.05, 4.69) is 51.8 Å². The predicted molar refractivity (Wildman–Crippen MR) is 134 cm³/mol. The fraction of sp³-hybridized carbons (Fsp3) is 0.762. The van der Waals surface area contributed by atoms with Crippen LogP contribution < -0.4 is 10.6 Å². The van der Waals surface area contributed by atoms with Gasteiger partial charge in [0.25, 0.3) is 0 Å². The lowest BCUT2D eigenvalue weighted by Crippen LogP contribution is -2.43. The van der Waals surface area contributed by atoms with Crippen molar-refractivity contribution in [3.8, 4) is 0 Å². The lowest BCUT2D eigenvalue weighted by atomic mass is 10.1. The van der Waals surface area contributed by atoms with Crippen molar-refractivity contribution in [3.63, 3.8) is 0 Å². The van der Waals surface area contributed by atoms with Gasteiger partial charge in [-0.15, -0.1) is 35.3 Å². The van der Waals surface area contributed by atoms with Gasteiger partial charge < -0.3 is 15.4 Å². The van der Waals surface area contributed by atoms with Crippen molar-refractivity contribution in [2.24, 2.45) is 10.9 Å². The van der Waals surface area contributed by atoms with Crippen LogP contribution in [0.2, 0.25) is 0 Å². The maximum atomic E-state index is 5.45. The van der Waals surface area contributed by atoms with E-state index in [1.807, 2.05) is 11.3 Å². The molecule has 1 aromatic rings. The fourth-order valence-corrected chi connectivity index (χ4v) is 4.87. The molecule has 2 saturated heterocycles. The van der Waals surface area contributed by atoms with E-state index in [1.54, 1.807) is 0 Å². The summed E-state index contributed by atoms with van der Waals surface area (Å²) in [5.74, 6) is 1.48. The first-order valence-electron chi connectivity index (χ1n) is 10.9. The SMILES string of the molecule is CCNC(=NCC(C)CN1CCOCC1)NCC(c1cccs1)N1CCCC1.I. The Morgan fingerprint density at radius 1 is 1.21 bits per heavy atom. The molecule has 0 bridgehead atoms.